The van der Waals surface area contributed by atoms with E-state index < -0.39 is 6.09 Å². The van der Waals surface area contributed by atoms with Crippen molar-refractivity contribution >= 4 is 11.8 Å². The molecule has 0 bridgehead atoms. The van der Waals surface area contributed by atoms with Gasteiger partial charge in [-0.3, -0.25) is 0 Å². The summed E-state index contributed by atoms with van der Waals surface area (Å²) in [5.41, 5.74) is 11.7. The molecule has 0 fully saturated rings. The van der Waals surface area contributed by atoms with E-state index >= 15 is 0 Å². The summed E-state index contributed by atoms with van der Waals surface area (Å²) in [5, 5.41) is 2.75. The third kappa shape index (κ3) is 4.46. The number of nitrogens with zero attached hydrogens (tertiary/aromatic N) is 1. The SMILES string of the molecule is COc1ncc(C#CCCNC(=O)OCC2c3ccccc3-c3ccccc32)cc1N. The Balaban J connectivity index is 1.28. The number of pyridine rings is 1. The Kier molecular flexibility index (Phi) is 6.04. The first-order valence-corrected chi connectivity index (χ1v) is 10.0. The van der Waals surface area contributed by atoms with Gasteiger partial charge in [-0.05, 0) is 28.3 Å². The van der Waals surface area contributed by atoms with Gasteiger partial charge in [-0.25, -0.2) is 9.78 Å². The molecule has 0 radical (unpaired) electrons. The number of methoxy groups -OCH3 is 1. The van der Waals surface area contributed by atoms with Crippen molar-refractivity contribution in [2.24, 2.45) is 0 Å². The molecule has 6 heteroatoms. The molecule has 3 aromatic rings. The molecule has 0 atom stereocenters. The smallest absolute Gasteiger partial charge is 0.407 e. The van der Waals surface area contributed by atoms with Crippen LogP contribution in [0.25, 0.3) is 11.1 Å². The van der Waals surface area contributed by atoms with Crippen molar-refractivity contribution < 1.29 is 14.3 Å². The van der Waals surface area contributed by atoms with Crippen LogP contribution in [-0.2, 0) is 4.74 Å². The highest BCUT2D eigenvalue weighted by Gasteiger charge is 2.28. The predicted molar refractivity (Wildman–Crippen MR) is 120 cm³/mol. The van der Waals surface area contributed by atoms with E-state index in [1.165, 1.54) is 29.4 Å². The number of hydrogen-bond donors (Lipinski definition) is 2. The lowest BCUT2D eigenvalue weighted by atomic mass is 9.98. The van der Waals surface area contributed by atoms with E-state index in [0.29, 0.717) is 36.7 Å². The zero-order valence-corrected chi connectivity index (χ0v) is 17.2. The molecule has 6 nitrogen and oxygen atoms in total. The summed E-state index contributed by atoms with van der Waals surface area (Å²) in [6.45, 7) is 0.686. The first-order chi connectivity index (χ1) is 15.2. The van der Waals surface area contributed by atoms with E-state index in [-0.39, 0.29) is 5.92 Å². The van der Waals surface area contributed by atoms with Crippen LogP contribution in [0.5, 0.6) is 5.88 Å². The molecule has 0 saturated heterocycles. The van der Waals surface area contributed by atoms with Gasteiger partial charge >= 0.3 is 6.09 Å². The number of rotatable bonds is 5. The average molecular weight is 413 g/mol. The quantitative estimate of drug-likeness (QED) is 0.489. The number of hydrogen-bond acceptors (Lipinski definition) is 5. The largest absolute Gasteiger partial charge is 0.480 e. The van der Waals surface area contributed by atoms with Gasteiger partial charge in [-0.1, -0.05) is 60.4 Å². The number of amides is 1. The van der Waals surface area contributed by atoms with Gasteiger partial charge in [0.15, 0.2) is 0 Å². The van der Waals surface area contributed by atoms with Crippen LogP contribution in [0.3, 0.4) is 0 Å². The fourth-order valence-electron chi connectivity index (χ4n) is 3.75. The molecule has 156 valence electrons. The molecule has 1 heterocycles. The maximum absolute atomic E-state index is 12.2. The van der Waals surface area contributed by atoms with Gasteiger partial charge in [0, 0.05) is 30.6 Å². The minimum atomic E-state index is -0.445. The van der Waals surface area contributed by atoms with Crippen molar-refractivity contribution in [2.75, 3.05) is 26.0 Å². The molecular weight excluding hydrogens is 390 g/mol. The number of ether oxygens (including phenoxy) is 2. The molecule has 31 heavy (non-hydrogen) atoms. The Morgan fingerprint density at radius 2 is 1.81 bits per heavy atom. The molecule has 0 saturated carbocycles. The number of benzene rings is 2. The lowest BCUT2D eigenvalue weighted by molar-refractivity contribution is 0.143. The Labute approximate surface area is 181 Å². The summed E-state index contributed by atoms with van der Waals surface area (Å²) in [7, 11) is 1.51. The van der Waals surface area contributed by atoms with Crippen LogP contribution in [0.2, 0.25) is 0 Å². The predicted octanol–water partition coefficient (Wildman–Crippen LogP) is 3.95. The fourth-order valence-corrected chi connectivity index (χ4v) is 3.75. The van der Waals surface area contributed by atoms with Gasteiger partial charge in [0.25, 0.3) is 0 Å². The molecule has 1 aliphatic rings. The summed E-state index contributed by atoms with van der Waals surface area (Å²) in [6, 6.07) is 18.2. The molecule has 0 spiro atoms. The van der Waals surface area contributed by atoms with Crippen LogP contribution >= 0.6 is 0 Å². The molecule has 2 aromatic carbocycles. The number of carbonyl (C=O) groups is 1. The Hall–Kier alpha value is -3.98. The van der Waals surface area contributed by atoms with Crippen molar-refractivity contribution in [3.63, 3.8) is 0 Å². The van der Waals surface area contributed by atoms with Crippen LogP contribution < -0.4 is 15.8 Å². The van der Waals surface area contributed by atoms with Crippen molar-refractivity contribution in [3.8, 4) is 28.8 Å². The molecule has 1 amide bonds. The van der Waals surface area contributed by atoms with Gasteiger partial charge in [0.1, 0.15) is 6.61 Å². The maximum Gasteiger partial charge on any atom is 0.407 e. The number of alkyl carbamates (subject to hydrolysis) is 1. The number of carbonyl (C=O) groups excluding carboxylic acids is 1. The molecule has 0 unspecified atom stereocenters. The lowest BCUT2D eigenvalue weighted by Crippen LogP contribution is -2.26. The topological polar surface area (TPSA) is 86.5 Å². The first-order valence-electron chi connectivity index (χ1n) is 10.0. The molecule has 1 aromatic heterocycles. The number of fused-ring (bicyclic) bond motifs is 3. The summed E-state index contributed by atoms with van der Waals surface area (Å²) in [6.07, 6.45) is 1.64. The van der Waals surface area contributed by atoms with Crippen LogP contribution in [-0.4, -0.2) is 31.3 Å². The van der Waals surface area contributed by atoms with E-state index in [2.05, 4.69) is 46.4 Å². The summed E-state index contributed by atoms with van der Waals surface area (Å²) in [4.78, 5) is 16.2. The molecular formula is C25H23N3O3. The highest BCUT2D eigenvalue weighted by Crippen LogP contribution is 2.44. The van der Waals surface area contributed by atoms with Gasteiger partial charge in [-0.15, -0.1) is 0 Å². The third-order valence-corrected chi connectivity index (χ3v) is 5.17. The maximum atomic E-state index is 12.2. The Morgan fingerprint density at radius 3 is 2.45 bits per heavy atom. The number of nitrogen functional groups attached to an aromatic ring is 1. The second-order valence-electron chi connectivity index (χ2n) is 7.13. The van der Waals surface area contributed by atoms with E-state index in [0.717, 1.165) is 0 Å². The zero-order valence-electron chi connectivity index (χ0n) is 17.2. The Bertz CT molecular complexity index is 1120. The van der Waals surface area contributed by atoms with Crippen LogP contribution in [0.4, 0.5) is 10.5 Å². The monoisotopic (exact) mass is 413 g/mol. The van der Waals surface area contributed by atoms with Crippen LogP contribution in [0.15, 0.2) is 60.8 Å². The lowest BCUT2D eigenvalue weighted by Gasteiger charge is -2.14. The van der Waals surface area contributed by atoms with E-state index in [1.54, 1.807) is 12.3 Å². The van der Waals surface area contributed by atoms with E-state index in [4.69, 9.17) is 15.2 Å². The molecule has 4 rings (SSSR count). The average Bonchev–Trinajstić information content (AvgIpc) is 3.11. The van der Waals surface area contributed by atoms with Gasteiger partial charge in [0.05, 0.1) is 12.8 Å². The van der Waals surface area contributed by atoms with Crippen molar-refractivity contribution in [3.05, 3.63) is 77.5 Å². The van der Waals surface area contributed by atoms with Crippen molar-refractivity contribution in [1.82, 2.24) is 10.3 Å². The van der Waals surface area contributed by atoms with Gasteiger partial charge < -0.3 is 20.5 Å². The normalized spacial score (nSPS) is 11.6. The molecule has 0 aliphatic heterocycles. The van der Waals surface area contributed by atoms with Gasteiger partial charge in [0.2, 0.25) is 5.88 Å². The Morgan fingerprint density at radius 1 is 1.13 bits per heavy atom. The third-order valence-electron chi connectivity index (χ3n) is 5.17. The first kappa shape index (κ1) is 20.3. The standard InChI is InChI=1S/C25H23N3O3/c1-30-24-23(26)14-17(15-28-24)8-6-7-13-27-25(29)31-16-22-20-11-4-2-9-18(20)19-10-3-5-12-21(19)22/h2-5,9-12,14-15,22H,7,13,16,26H2,1H3,(H,27,29). The minimum Gasteiger partial charge on any atom is -0.480 e. The number of aromatic nitrogens is 1. The highest BCUT2D eigenvalue weighted by molar-refractivity contribution is 5.79. The number of anilines is 1. The zero-order chi connectivity index (χ0) is 21.6. The van der Waals surface area contributed by atoms with Crippen molar-refractivity contribution in [2.45, 2.75) is 12.3 Å². The number of nitrogens with one attached hydrogen (secondary N) is 1. The van der Waals surface area contributed by atoms with E-state index in [1.807, 2.05) is 24.3 Å². The number of nitrogens with two attached hydrogens (primary N) is 1. The second-order valence-corrected chi connectivity index (χ2v) is 7.13. The van der Waals surface area contributed by atoms with E-state index in [9.17, 15) is 4.79 Å². The van der Waals surface area contributed by atoms with Crippen molar-refractivity contribution in [1.29, 1.82) is 0 Å². The summed E-state index contributed by atoms with van der Waals surface area (Å²) < 4.78 is 10.5. The molecule has 1 aliphatic carbocycles. The van der Waals surface area contributed by atoms with Crippen LogP contribution in [0.1, 0.15) is 29.0 Å². The van der Waals surface area contributed by atoms with Crippen LogP contribution in [0, 0.1) is 11.8 Å². The highest BCUT2D eigenvalue weighted by atomic mass is 16.5. The second kappa shape index (κ2) is 9.23. The van der Waals surface area contributed by atoms with Gasteiger partial charge in [-0.2, -0.15) is 0 Å². The summed E-state index contributed by atoms with van der Waals surface area (Å²) in [5.74, 6) is 6.38. The molecule has 3 N–H and O–H groups in total. The fraction of sp³-hybridized carbons (Fsp3) is 0.200. The summed E-state index contributed by atoms with van der Waals surface area (Å²) >= 11 is 0. The minimum absolute atomic E-state index is 0.0472.